The van der Waals surface area contributed by atoms with E-state index in [1.165, 1.54) is 16.8 Å². The van der Waals surface area contributed by atoms with Crippen molar-refractivity contribution in [3.05, 3.63) is 46.8 Å². The van der Waals surface area contributed by atoms with E-state index in [1.54, 1.807) is 0 Å². The minimum atomic E-state index is 0.169. The van der Waals surface area contributed by atoms with Gasteiger partial charge in [-0.05, 0) is 44.2 Å². The zero-order chi connectivity index (χ0) is 14.1. The molecule has 0 amide bonds. The van der Waals surface area contributed by atoms with Crippen molar-refractivity contribution < 1.29 is 4.74 Å². The highest BCUT2D eigenvalue weighted by atomic mass is 16.5. The molecule has 0 bridgehead atoms. The Labute approximate surface area is 119 Å². The standard InChI is InChI=1S/C16H21N3O/c1-4-19-14(9-11(2)18-19)16(17-3)13-5-6-15-12(10-13)7-8-20-15/h5-6,9-10,16-17H,4,7-8H2,1-3H3. The fourth-order valence-corrected chi connectivity index (χ4v) is 2.92. The number of hydrogen-bond donors (Lipinski definition) is 1. The van der Waals surface area contributed by atoms with Gasteiger partial charge in [0.2, 0.25) is 0 Å². The summed E-state index contributed by atoms with van der Waals surface area (Å²) < 4.78 is 7.65. The molecular weight excluding hydrogens is 250 g/mol. The highest BCUT2D eigenvalue weighted by Gasteiger charge is 2.20. The molecule has 0 saturated heterocycles. The molecule has 106 valence electrons. The van der Waals surface area contributed by atoms with Gasteiger partial charge in [0, 0.05) is 13.0 Å². The molecule has 0 radical (unpaired) electrons. The van der Waals surface area contributed by atoms with Crippen molar-refractivity contribution in [2.75, 3.05) is 13.7 Å². The molecule has 2 heterocycles. The number of nitrogens with one attached hydrogen (secondary N) is 1. The van der Waals surface area contributed by atoms with Gasteiger partial charge in [0.15, 0.2) is 0 Å². The van der Waals surface area contributed by atoms with Crippen LogP contribution in [-0.2, 0) is 13.0 Å². The average molecular weight is 271 g/mol. The number of nitrogens with zero attached hydrogens (tertiary/aromatic N) is 2. The molecule has 0 saturated carbocycles. The molecule has 1 aromatic carbocycles. The van der Waals surface area contributed by atoms with Gasteiger partial charge in [0.05, 0.1) is 24.0 Å². The lowest BCUT2D eigenvalue weighted by molar-refractivity contribution is 0.357. The minimum absolute atomic E-state index is 0.169. The van der Waals surface area contributed by atoms with E-state index in [-0.39, 0.29) is 6.04 Å². The first-order valence-electron chi connectivity index (χ1n) is 7.20. The number of benzene rings is 1. The molecule has 1 aliphatic rings. The van der Waals surface area contributed by atoms with Gasteiger partial charge in [0.1, 0.15) is 5.75 Å². The van der Waals surface area contributed by atoms with Crippen LogP contribution in [0.15, 0.2) is 24.3 Å². The van der Waals surface area contributed by atoms with Crippen LogP contribution in [0.1, 0.15) is 35.5 Å². The van der Waals surface area contributed by atoms with Crippen molar-refractivity contribution in [3.8, 4) is 5.75 Å². The van der Waals surface area contributed by atoms with Gasteiger partial charge in [-0.15, -0.1) is 0 Å². The van der Waals surface area contributed by atoms with Crippen molar-refractivity contribution in [2.45, 2.75) is 32.9 Å². The smallest absolute Gasteiger partial charge is 0.122 e. The largest absolute Gasteiger partial charge is 0.493 e. The average Bonchev–Trinajstić information content (AvgIpc) is 3.05. The van der Waals surface area contributed by atoms with E-state index in [0.717, 1.165) is 31.0 Å². The third-order valence-corrected chi connectivity index (χ3v) is 3.86. The Kier molecular flexibility index (Phi) is 3.49. The quantitative estimate of drug-likeness (QED) is 0.928. The number of hydrogen-bond acceptors (Lipinski definition) is 3. The first kappa shape index (κ1) is 13.2. The molecule has 3 rings (SSSR count). The summed E-state index contributed by atoms with van der Waals surface area (Å²) in [5.74, 6) is 1.03. The topological polar surface area (TPSA) is 39.1 Å². The highest BCUT2D eigenvalue weighted by molar-refractivity contribution is 5.42. The van der Waals surface area contributed by atoms with E-state index in [0.29, 0.717) is 0 Å². The first-order chi connectivity index (χ1) is 9.72. The lowest BCUT2D eigenvalue weighted by Gasteiger charge is -2.18. The van der Waals surface area contributed by atoms with E-state index in [1.807, 2.05) is 14.0 Å². The van der Waals surface area contributed by atoms with E-state index >= 15 is 0 Å². The Morgan fingerprint density at radius 2 is 2.25 bits per heavy atom. The van der Waals surface area contributed by atoms with Gasteiger partial charge >= 0.3 is 0 Å². The molecular formula is C16H21N3O. The van der Waals surface area contributed by atoms with Gasteiger partial charge < -0.3 is 10.1 Å². The monoisotopic (exact) mass is 271 g/mol. The second kappa shape index (κ2) is 5.29. The molecule has 20 heavy (non-hydrogen) atoms. The summed E-state index contributed by atoms with van der Waals surface area (Å²) in [7, 11) is 2.00. The van der Waals surface area contributed by atoms with Crippen LogP contribution in [0, 0.1) is 6.92 Å². The molecule has 4 nitrogen and oxygen atoms in total. The van der Waals surface area contributed by atoms with Gasteiger partial charge in [-0.25, -0.2) is 0 Å². The molecule has 0 aliphatic carbocycles. The normalized spacial score (nSPS) is 14.9. The van der Waals surface area contributed by atoms with Crippen LogP contribution >= 0.6 is 0 Å². The second-order valence-corrected chi connectivity index (χ2v) is 5.21. The zero-order valence-corrected chi connectivity index (χ0v) is 12.3. The number of rotatable bonds is 4. The number of fused-ring (bicyclic) bond motifs is 1. The summed E-state index contributed by atoms with van der Waals surface area (Å²) >= 11 is 0. The Morgan fingerprint density at radius 1 is 1.40 bits per heavy atom. The third-order valence-electron chi connectivity index (χ3n) is 3.86. The summed E-state index contributed by atoms with van der Waals surface area (Å²) in [6, 6.07) is 8.82. The molecule has 1 aromatic heterocycles. The maximum absolute atomic E-state index is 5.58. The van der Waals surface area contributed by atoms with Crippen LogP contribution < -0.4 is 10.1 Å². The predicted molar refractivity (Wildman–Crippen MR) is 79.2 cm³/mol. The van der Waals surface area contributed by atoms with Crippen molar-refractivity contribution in [1.82, 2.24) is 15.1 Å². The number of ether oxygens (including phenoxy) is 1. The van der Waals surface area contributed by atoms with Crippen LogP contribution in [0.3, 0.4) is 0 Å². The lowest BCUT2D eigenvalue weighted by atomic mass is 10.00. The van der Waals surface area contributed by atoms with Crippen LogP contribution in [-0.4, -0.2) is 23.4 Å². The summed E-state index contributed by atoms with van der Waals surface area (Å²) in [4.78, 5) is 0. The second-order valence-electron chi connectivity index (χ2n) is 5.21. The molecule has 1 N–H and O–H groups in total. The summed E-state index contributed by atoms with van der Waals surface area (Å²) in [6.07, 6.45) is 1.01. The fourth-order valence-electron chi connectivity index (χ4n) is 2.92. The van der Waals surface area contributed by atoms with E-state index in [2.05, 4.69) is 46.3 Å². The molecule has 1 atom stereocenters. The van der Waals surface area contributed by atoms with Crippen LogP contribution in [0.25, 0.3) is 0 Å². The van der Waals surface area contributed by atoms with Crippen molar-refractivity contribution in [3.63, 3.8) is 0 Å². The summed E-state index contributed by atoms with van der Waals surface area (Å²) in [5, 5.41) is 7.96. The molecule has 0 spiro atoms. The lowest BCUT2D eigenvalue weighted by Crippen LogP contribution is -2.21. The van der Waals surface area contributed by atoms with Crippen LogP contribution in [0.2, 0.25) is 0 Å². The van der Waals surface area contributed by atoms with E-state index < -0.39 is 0 Å². The van der Waals surface area contributed by atoms with Gasteiger partial charge in [0.25, 0.3) is 0 Å². The fraction of sp³-hybridized carbons (Fsp3) is 0.438. The van der Waals surface area contributed by atoms with Crippen molar-refractivity contribution in [2.24, 2.45) is 0 Å². The number of aryl methyl sites for hydroxylation is 2. The van der Waals surface area contributed by atoms with E-state index in [4.69, 9.17) is 4.74 Å². The zero-order valence-electron chi connectivity index (χ0n) is 12.3. The molecule has 1 unspecified atom stereocenters. The SMILES string of the molecule is CCn1nc(C)cc1C(NC)c1ccc2c(c1)CCO2. The van der Waals surface area contributed by atoms with Gasteiger partial charge in [-0.1, -0.05) is 12.1 Å². The first-order valence-corrected chi connectivity index (χ1v) is 7.20. The van der Waals surface area contributed by atoms with Crippen molar-refractivity contribution in [1.29, 1.82) is 0 Å². The Balaban J connectivity index is 2.01. The summed E-state index contributed by atoms with van der Waals surface area (Å²) in [5.41, 5.74) is 4.85. The number of aromatic nitrogens is 2. The van der Waals surface area contributed by atoms with Gasteiger partial charge in [-0.3, -0.25) is 4.68 Å². The van der Waals surface area contributed by atoms with E-state index in [9.17, 15) is 0 Å². The van der Waals surface area contributed by atoms with Crippen molar-refractivity contribution >= 4 is 0 Å². The van der Waals surface area contributed by atoms with Crippen LogP contribution in [0.5, 0.6) is 5.75 Å². The predicted octanol–water partition coefficient (Wildman–Crippen LogP) is 2.46. The molecule has 4 heteroatoms. The molecule has 2 aromatic rings. The van der Waals surface area contributed by atoms with Crippen LogP contribution in [0.4, 0.5) is 0 Å². The summed E-state index contributed by atoms with van der Waals surface area (Å²) in [6.45, 7) is 5.85. The van der Waals surface area contributed by atoms with Gasteiger partial charge in [-0.2, -0.15) is 5.10 Å². The maximum Gasteiger partial charge on any atom is 0.122 e. The Morgan fingerprint density at radius 3 is 3.00 bits per heavy atom. The molecule has 0 fully saturated rings. The highest BCUT2D eigenvalue weighted by Crippen LogP contribution is 2.30. The third kappa shape index (κ3) is 2.20. The maximum atomic E-state index is 5.58. The molecule has 1 aliphatic heterocycles. The minimum Gasteiger partial charge on any atom is -0.493 e. The Bertz CT molecular complexity index is 618. The Hall–Kier alpha value is -1.81.